The maximum absolute atomic E-state index is 12.3. The smallest absolute Gasteiger partial charge is 0.339 e. The molecule has 1 saturated heterocycles. The van der Waals surface area contributed by atoms with Crippen molar-refractivity contribution < 1.29 is 14.3 Å². The molecule has 8 heteroatoms. The van der Waals surface area contributed by atoms with E-state index in [9.17, 15) is 9.59 Å². The van der Waals surface area contributed by atoms with Crippen molar-refractivity contribution in [1.82, 2.24) is 19.7 Å². The number of anilines is 1. The second kappa shape index (κ2) is 8.48. The summed E-state index contributed by atoms with van der Waals surface area (Å²) in [6.45, 7) is 4.74. The number of carbonyl (C=O) groups is 2. The van der Waals surface area contributed by atoms with Gasteiger partial charge in [-0.15, -0.1) is 0 Å². The van der Waals surface area contributed by atoms with Crippen molar-refractivity contribution in [1.29, 1.82) is 0 Å². The molecule has 0 aliphatic carbocycles. The van der Waals surface area contributed by atoms with E-state index in [1.54, 1.807) is 36.0 Å². The molecule has 0 unspecified atom stereocenters. The third-order valence-electron chi connectivity index (χ3n) is 4.32. The Morgan fingerprint density at radius 3 is 2.56 bits per heavy atom. The van der Waals surface area contributed by atoms with Gasteiger partial charge < -0.3 is 14.5 Å². The zero-order valence-corrected chi connectivity index (χ0v) is 15.5. The van der Waals surface area contributed by atoms with E-state index in [0.29, 0.717) is 38.3 Å². The number of rotatable bonds is 5. The van der Waals surface area contributed by atoms with Crippen LogP contribution in [0, 0.1) is 0 Å². The van der Waals surface area contributed by atoms with Gasteiger partial charge in [0.2, 0.25) is 5.91 Å². The Labute approximate surface area is 158 Å². The van der Waals surface area contributed by atoms with Crippen LogP contribution in [-0.4, -0.2) is 64.3 Å². The molecule has 0 radical (unpaired) electrons. The normalized spacial score (nSPS) is 14.6. The van der Waals surface area contributed by atoms with Crippen molar-refractivity contribution in [2.75, 3.05) is 37.7 Å². The van der Waals surface area contributed by atoms with E-state index >= 15 is 0 Å². The Bertz CT molecular complexity index is 820. The number of amides is 1. The minimum atomic E-state index is -0.368. The van der Waals surface area contributed by atoms with E-state index in [1.165, 1.54) is 6.20 Å². The lowest BCUT2D eigenvalue weighted by molar-refractivity contribution is -0.126. The third-order valence-corrected chi connectivity index (χ3v) is 4.32. The average Bonchev–Trinajstić information content (AvgIpc) is 3.12. The summed E-state index contributed by atoms with van der Waals surface area (Å²) in [5.74, 6) is 0.414. The lowest BCUT2D eigenvalue weighted by atomic mass is 10.2. The molecule has 1 fully saturated rings. The highest BCUT2D eigenvalue weighted by Crippen LogP contribution is 2.15. The molecule has 1 amide bonds. The topological polar surface area (TPSA) is 80.6 Å². The fourth-order valence-corrected chi connectivity index (χ4v) is 2.86. The van der Waals surface area contributed by atoms with Gasteiger partial charge >= 0.3 is 5.97 Å². The first-order valence-corrected chi connectivity index (χ1v) is 8.90. The molecule has 0 atom stereocenters. The zero-order chi connectivity index (χ0) is 19.2. The summed E-state index contributed by atoms with van der Waals surface area (Å²) < 4.78 is 6.66. The average molecular weight is 369 g/mol. The summed E-state index contributed by atoms with van der Waals surface area (Å²) in [7, 11) is 1.84. The molecule has 2 aromatic rings. The Kier molecular flexibility index (Phi) is 5.85. The quantitative estimate of drug-likeness (QED) is 0.585. The Balaban J connectivity index is 1.53. The number of esters is 1. The van der Waals surface area contributed by atoms with Gasteiger partial charge in [-0.1, -0.05) is 0 Å². The molecule has 0 saturated carbocycles. The zero-order valence-electron chi connectivity index (χ0n) is 15.5. The van der Waals surface area contributed by atoms with E-state index in [0.717, 1.165) is 11.4 Å². The number of hydrogen-bond acceptors (Lipinski definition) is 6. The van der Waals surface area contributed by atoms with Crippen molar-refractivity contribution in [3.05, 3.63) is 47.9 Å². The summed E-state index contributed by atoms with van der Waals surface area (Å²) in [4.78, 5) is 32.3. The van der Waals surface area contributed by atoms with Gasteiger partial charge in [-0.25, -0.2) is 9.78 Å². The molecule has 0 bridgehead atoms. The van der Waals surface area contributed by atoms with Crippen LogP contribution in [0.15, 0.2) is 36.8 Å². The number of aryl methyl sites for hydroxylation is 1. The molecule has 3 rings (SSSR count). The molecule has 3 heterocycles. The van der Waals surface area contributed by atoms with Crippen LogP contribution in [0.25, 0.3) is 6.08 Å². The lowest BCUT2D eigenvalue weighted by Gasteiger charge is -2.35. The highest BCUT2D eigenvalue weighted by molar-refractivity contribution is 5.92. The maximum Gasteiger partial charge on any atom is 0.339 e. The van der Waals surface area contributed by atoms with Crippen molar-refractivity contribution >= 4 is 23.8 Å². The first-order chi connectivity index (χ1) is 13.1. The number of nitrogens with zero attached hydrogens (tertiary/aromatic N) is 5. The first kappa shape index (κ1) is 18.6. The van der Waals surface area contributed by atoms with Crippen LogP contribution >= 0.6 is 0 Å². The molecule has 142 valence electrons. The van der Waals surface area contributed by atoms with Crippen LogP contribution in [0.5, 0.6) is 0 Å². The van der Waals surface area contributed by atoms with E-state index in [1.807, 2.05) is 24.2 Å². The van der Waals surface area contributed by atoms with E-state index in [2.05, 4.69) is 15.0 Å². The van der Waals surface area contributed by atoms with Gasteiger partial charge in [-0.2, -0.15) is 5.10 Å². The highest BCUT2D eigenvalue weighted by Gasteiger charge is 2.20. The van der Waals surface area contributed by atoms with Gasteiger partial charge in [0.15, 0.2) is 0 Å². The number of ether oxygens (including phenoxy) is 1. The highest BCUT2D eigenvalue weighted by atomic mass is 16.5. The number of hydrogen-bond donors (Lipinski definition) is 0. The number of carbonyl (C=O) groups excluding carboxylic acids is 2. The minimum absolute atomic E-state index is 0.0101. The number of aromatic nitrogens is 3. The summed E-state index contributed by atoms with van der Waals surface area (Å²) in [5, 5.41) is 4.08. The molecule has 2 aromatic heterocycles. The maximum atomic E-state index is 12.3. The number of pyridine rings is 1. The summed E-state index contributed by atoms with van der Waals surface area (Å²) >= 11 is 0. The fraction of sp³-hybridized carbons (Fsp3) is 0.368. The molecule has 0 spiro atoms. The minimum Gasteiger partial charge on any atom is -0.462 e. The van der Waals surface area contributed by atoms with Crippen molar-refractivity contribution in [3.8, 4) is 0 Å². The van der Waals surface area contributed by atoms with Gasteiger partial charge in [0.25, 0.3) is 0 Å². The molecule has 27 heavy (non-hydrogen) atoms. The van der Waals surface area contributed by atoms with Gasteiger partial charge in [0.1, 0.15) is 5.82 Å². The Morgan fingerprint density at radius 1 is 1.19 bits per heavy atom. The van der Waals surface area contributed by atoms with Gasteiger partial charge in [0.05, 0.1) is 18.4 Å². The standard InChI is InChI=1S/C19H23N5O3/c1-3-27-19(26)16-5-6-17(20-13-16)23-8-10-24(11-9-23)18(25)7-4-15-12-21-22(2)14-15/h4-7,12-14H,3,8-11H2,1-2H3/b7-4+. The molecule has 0 N–H and O–H groups in total. The van der Waals surface area contributed by atoms with Crippen LogP contribution in [0.2, 0.25) is 0 Å². The van der Waals surface area contributed by atoms with Crippen LogP contribution < -0.4 is 4.90 Å². The van der Waals surface area contributed by atoms with Crippen LogP contribution in [0.4, 0.5) is 5.82 Å². The predicted octanol–water partition coefficient (Wildman–Crippen LogP) is 1.35. The van der Waals surface area contributed by atoms with Crippen molar-refractivity contribution in [2.24, 2.45) is 7.05 Å². The monoisotopic (exact) mass is 369 g/mol. The first-order valence-electron chi connectivity index (χ1n) is 8.90. The van der Waals surface area contributed by atoms with Crippen LogP contribution in [0.3, 0.4) is 0 Å². The van der Waals surface area contributed by atoms with Crippen LogP contribution in [0.1, 0.15) is 22.8 Å². The van der Waals surface area contributed by atoms with E-state index in [4.69, 9.17) is 4.74 Å². The predicted molar refractivity (Wildman–Crippen MR) is 101 cm³/mol. The molecular formula is C19H23N5O3. The summed E-state index contributed by atoms with van der Waals surface area (Å²) in [5.41, 5.74) is 1.34. The third kappa shape index (κ3) is 4.72. The molecule has 8 nitrogen and oxygen atoms in total. The van der Waals surface area contributed by atoms with Gasteiger partial charge in [-0.05, 0) is 25.1 Å². The molecule has 1 aliphatic rings. The fourth-order valence-electron chi connectivity index (χ4n) is 2.86. The Morgan fingerprint density at radius 2 is 1.96 bits per heavy atom. The SMILES string of the molecule is CCOC(=O)c1ccc(N2CCN(C(=O)/C=C/c3cnn(C)c3)CC2)nc1. The Hall–Kier alpha value is -3.16. The second-order valence-electron chi connectivity index (χ2n) is 6.22. The van der Waals surface area contributed by atoms with Gasteiger partial charge in [0, 0.05) is 57.3 Å². The summed E-state index contributed by atoms with van der Waals surface area (Å²) in [6, 6.07) is 3.53. The van der Waals surface area contributed by atoms with Gasteiger partial charge in [-0.3, -0.25) is 9.48 Å². The lowest BCUT2D eigenvalue weighted by Crippen LogP contribution is -2.48. The molecular weight excluding hydrogens is 346 g/mol. The van der Waals surface area contributed by atoms with Crippen molar-refractivity contribution in [2.45, 2.75) is 6.92 Å². The largest absolute Gasteiger partial charge is 0.462 e. The van der Waals surface area contributed by atoms with E-state index in [-0.39, 0.29) is 11.9 Å². The molecule has 0 aromatic carbocycles. The van der Waals surface area contributed by atoms with E-state index < -0.39 is 0 Å². The van der Waals surface area contributed by atoms with Crippen LogP contribution in [-0.2, 0) is 16.6 Å². The second-order valence-corrected chi connectivity index (χ2v) is 6.22. The number of piperazine rings is 1. The molecule has 1 aliphatic heterocycles. The van der Waals surface area contributed by atoms with Crippen molar-refractivity contribution in [3.63, 3.8) is 0 Å². The summed E-state index contributed by atoms with van der Waals surface area (Å²) in [6.07, 6.45) is 8.46.